The summed E-state index contributed by atoms with van der Waals surface area (Å²) in [5.41, 5.74) is 1.10. The number of carbonyl (C=O) groups excluding carboxylic acids is 1. The number of aromatic nitrogens is 2. The molecule has 0 unspecified atom stereocenters. The molecule has 9 nitrogen and oxygen atoms in total. The van der Waals surface area contributed by atoms with Crippen molar-refractivity contribution in [1.29, 1.82) is 0 Å². The molecule has 0 radical (unpaired) electrons. The van der Waals surface area contributed by atoms with E-state index in [1.54, 1.807) is 19.2 Å². The third kappa shape index (κ3) is 3.58. The number of anilines is 1. The number of aryl methyl sites for hydroxylation is 1. The van der Waals surface area contributed by atoms with Crippen molar-refractivity contribution in [3.63, 3.8) is 0 Å². The highest BCUT2D eigenvalue weighted by molar-refractivity contribution is 7.89. The number of hydrogen-bond acceptors (Lipinski definition) is 5. The number of amides is 2. The van der Waals surface area contributed by atoms with Crippen LogP contribution >= 0.6 is 0 Å². The molecular formula is C17H21N5O4S. The monoisotopic (exact) mass is 391 g/mol. The quantitative estimate of drug-likeness (QED) is 0.826. The van der Waals surface area contributed by atoms with Gasteiger partial charge in [-0.1, -0.05) is 12.1 Å². The number of hydrogen-bond donors (Lipinski definition) is 1. The Morgan fingerprint density at radius 1 is 1.30 bits per heavy atom. The van der Waals surface area contributed by atoms with Gasteiger partial charge >= 0.3 is 6.03 Å². The Labute approximate surface area is 157 Å². The van der Waals surface area contributed by atoms with E-state index in [9.17, 15) is 18.0 Å². The molecule has 0 bridgehead atoms. The van der Waals surface area contributed by atoms with Gasteiger partial charge in [-0.3, -0.25) is 10.1 Å². The van der Waals surface area contributed by atoms with Crippen molar-refractivity contribution in [2.24, 2.45) is 7.05 Å². The molecule has 10 heteroatoms. The van der Waals surface area contributed by atoms with Crippen LogP contribution in [-0.4, -0.2) is 53.8 Å². The van der Waals surface area contributed by atoms with Crippen molar-refractivity contribution >= 4 is 21.9 Å². The van der Waals surface area contributed by atoms with E-state index in [2.05, 4.69) is 10.3 Å². The minimum Gasteiger partial charge on any atom is -0.320 e. The Kier molecular flexibility index (Phi) is 5.03. The Hall–Kier alpha value is -2.72. The molecule has 1 aliphatic heterocycles. The van der Waals surface area contributed by atoms with Gasteiger partial charge in [0.05, 0.1) is 4.90 Å². The second kappa shape index (κ2) is 7.12. The van der Waals surface area contributed by atoms with Gasteiger partial charge in [0.15, 0.2) is 0 Å². The smallest absolute Gasteiger partial charge is 0.320 e. The van der Waals surface area contributed by atoms with Gasteiger partial charge in [0.2, 0.25) is 15.8 Å². The molecule has 27 heavy (non-hydrogen) atoms. The van der Waals surface area contributed by atoms with Gasteiger partial charge in [-0.05, 0) is 23.6 Å². The maximum absolute atomic E-state index is 12.5. The van der Waals surface area contributed by atoms with Crippen LogP contribution < -0.4 is 10.9 Å². The standard InChI is InChI=1S/C17H21N5O4S/c1-20(2)27(25,26)14-6-4-5-12-11-22(9-7-13(12)14)17(24)19-15-16(23)21(3)10-8-18-15/h4-6,8,10H,7,9,11H2,1-3H3,(H,18,19,24). The topological polar surface area (TPSA) is 105 Å². The fourth-order valence-corrected chi connectivity index (χ4v) is 4.14. The summed E-state index contributed by atoms with van der Waals surface area (Å²) in [4.78, 5) is 30.2. The van der Waals surface area contributed by atoms with E-state index in [0.717, 1.165) is 11.1 Å². The highest BCUT2D eigenvalue weighted by atomic mass is 32.2. The number of benzene rings is 1. The Morgan fingerprint density at radius 3 is 2.74 bits per heavy atom. The lowest BCUT2D eigenvalue weighted by Crippen LogP contribution is -2.41. The normalized spacial score (nSPS) is 14.1. The summed E-state index contributed by atoms with van der Waals surface area (Å²) in [5.74, 6) is -0.0419. The first kappa shape index (κ1) is 19.1. The SMILES string of the molecule is CN(C)S(=O)(=O)c1cccc2c1CCN(C(=O)Nc1nccn(C)c1=O)C2. The molecular weight excluding hydrogens is 370 g/mol. The molecule has 0 spiro atoms. The number of nitrogens with one attached hydrogen (secondary N) is 1. The molecule has 2 amide bonds. The Bertz CT molecular complexity index is 1050. The maximum Gasteiger partial charge on any atom is 0.323 e. The lowest BCUT2D eigenvalue weighted by molar-refractivity contribution is 0.206. The van der Waals surface area contributed by atoms with Gasteiger partial charge in [0, 0.05) is 46.6 Å². The number of sulfonamides is 1. The first-order valence-electron chi connectivity index (χ1n) is 8.32. The van der Waals surface area contributed by atoms with E-state index >= 15 is 0 Å². The van der Waals surface area contributed by atoms with Crippen molar-refractivity contribution in [3.05, 3.63) is 52.1 Å². The molecule has 0 saturated carbocycles. The Balaban J connectivity index is 1.84. The van der Waals surface area contributed by atoms with Gasteiger partial charge < -0.3 is 9.47 Å². The summed E-state index contributed by atoms with van der Waals surface area (Å²) >= 11 is 0. The van der Waals surface area contributed by atoms with E-state index in [4.69, 9.17) is 0 Å². The van der Waals surface area contributed by atoms with Crippen LogP contribution in [0.3, 0.4) is 0 Å². The van der Waals surface area contributed by atoms with Crippen LogP contribution in [0.25, 0.3) is 0 Å². The predicted molar refractivity (Wildman–Crippen MR) is 99.9 cm³/mol. The largest absolute Gasteiger partial charge is 0.323 e. The van der Waals surface area contributed by atoms with Gasteiger partial charge in [-0.25, -0.2) is 22.5 Å². The molecule has 0 atom stereocenters. The fraction of sp³-hybridized carbons (Fsp3) is 0.353. The second-order valence-corrected chi connectivity index (χ2v) is 8.60. The first-order valence-corrected chi connectivity index (χ1v) is 9.76. The van der Waals surface area contributed by atoms with Crippen molar-refractivity contribution in [1.82, 2.24) is 18.8 Å². The van der Waals surface area contributed by atoms with E-state index in [-0.39, 0.29) is 17.3 Å². The molecule has 144 valence electrons. The van der Waals surface area contributed by atoms with Crippen LogP contribution in [0.15, 0.2) is 40.3 Å². The average molecular weight is 391 g/mol. The van der Waals surface area contributed by atoms with Crippen LogP contribution in [0.2, 0.25) is 0 Å². The minimum atomic E-state index is -3.55. The number of carbonyl (C=O) groups is 1. The highest BCUT2D eigenvalue weighted by Gasteiger charge is 2.28. The van der Waals surface area contributed by atoms with Crippen molar-refractivity contribution in [3.8, 4) is 0 Å². The van der Waals surface area contributed by atoms with Crippen LogP contribution in [0.4, 0.5) is 10.6 Å². The van der Waals surface area contributed by atoms with Crippen molar-refractivity contribution in [2.75, 3.05) is 26.0 Å². The van der Waals surface area contributed by atoms with Crippen LogP contribution in [0.5, 0.6) is 0 Å². The predicted octanol–water partition coefficient (Wildman–Crippen LogP) is 0.621. The molecule has 1 aliphatic rings. The molecule has 2 aromatic rings. The average Bonchev–Trinajstić information content (AvgIpc) is 2.64. The van der Waals surface area contributed by atoms with Crippen molar-refractivity contribution in [2.45, 2.75) is 17.9 Å². The van der Waals surface area contributed by atoms with Gasteiger partial charge in [-0.2, -0.15) is 0 Å². The third-order valence-electron chi connectivity index (χ3n) is 4.51. The molecule has 1 N–H and O–H groups in total. The van der Waals surface area contributed by atoms with Gasteiger partial charge in [0.1, 0.15) is 0 Å². The minimum absolute atomic E-state index is 0.0419. The lowest BCUT2D eigenvalue weighted by Gasteiger charge is -2.30. The summed E-state index contributed by atoms with van der Waals surface area (Å²) in [6.07, 6.45) is 3.34. The maximum atomic E-state index is 12.5. The summed E-state index contributed by atoms with van der Waals surface area (Å²) in [7, 11) is 1.000. The molecule has 0 saturated heterocycles. The zero-order chi connectivity index (χ0) is 19.8. The van der Waals surface area contributed by atoms with Gasteiger partial charge in [0.25, 0.3) is 5.56 Å². The number of fused-ring (bicyclic) bond motifs is 1. The zero-order valence-corrected chi connectivity index (χ0v) is 16.2. The number of urea groups is 1. The molecule has 2 heterocycles. The first-order chi connectivity index (χ1) is 12.7. The van der Waals surface area contributed by atoms with Crippen LogP contribution in [-0.2, 0) is 30.0 Å². The lowest BCUT2D eigenvalue weighted by atomic mass is 10.00. The molecule has 1 aromatic heterocycles. The zero-order valence-electron chi connectivity index (χ0n) is 15.3. The summed E-state index contributed by atoms with van der Waals surface area (Å²) in [5, 5.41) is 2.53. The highest BCUT2D eigenvalue weighted by Crippen LogP contribution is 2.27. The van der Waals surface area contributed by atoms with E-state index in [1.807, 2.05) is 6.07 Å². The Morgan fingerprint density at radius 2 is 2.04 bits per heavy atom. The summed E-state index contributed by atoms with van der Waals surface area (Å²) in [6.45, 7) is 0.594. The molecule has 3 rings (SSSR count). The van der Waals surface area contributed by atoms with E-state index in [0.29, 0.717) is 13.0 Å². The van der Waals surface area contributed by atoms with Crippen LogP contribution in [0.1, 0.15) is 11.1 Å². The van der Waals surface area contributed by atoms with Crippen LogP contribution in [0, 0.1) is 0 Å². The number of rotatable bonds is 3. The van der Waals surface area contributed by atoms with Crippen molar-refractivity contribution < 1.29 is 13.2 Å². The van der Waals surface area contributed by atoms with Gasteiger partial charge in [-0.15, -0.1) is 0 Å². The summed E-state index contributed by atoms with van der Waals surface area (Å²) < 4.78 is 27.5. The van der Waals surface area contributed by atoms with E-state index < -0.39 is 21.6 Å². The second-order valence-electron chi connectivity index (χ2n) is 6.47. The third-order valence-corrected chi connectivity index (χ3v) is 6.41. The molecule has 1 aromatic carbocycles. The van der Waals surface area contributed by atoms with E-state index in [1.165, 1.54) is 40.3 Å². The molecule has 0 aliphatic carbocycles. The molecule has 0 fully saturated rings. The summed E-state index contributed by atoms with van der Waals surface area (Å²) in [6, 6.07) is 4.62. The fourth-order valence-electron chi connectivity index (χ4n) is 2.95. The number of nitrogens with zero attached hydrogens (tertiary/aromatic N) is 4.